The van der Waals surface area contributed by atoms with Gasteiger partial charge in [-0.15, -0.1) is 0 Å². The predicted molar refractivity (Wildman–Crippen MR) is 96.8 cm³/mol. The summed E-state index contributed by atoms with van der Waals surface area (Å²) in [6, 6.07) is 12.3. The van der Waals surface area contributed by atoms with Crippen molar-refractivity contribution >= 4 is 17.2 Å². The lowest BCUT2D eigenvalue weighted by Gasteiger charge is -2.27. The lowest BCUT2D eigenvalue weighted by atomic mass is 10.1. The molecule has 0 aliphatic carbocycles. The minimum atomic E-state index is -0.491. The molecular weight excluding hydrogens is 320 g/mol. The van der Waals surface area contributed by atoms with Gasteiger partial charge in [0.25, 0.3) is 0 Å². The maximum atomic E-state index is 11.8. The molecule has 1 atom stereocenters. The van der Waals surface area contributed by atoms with Gasteiger partial charge in [-0.2, -0.15) is 11.3 Å². The summed E-state index contributed by atoms with van der Waals surface area (Å²) in [5, 5.41) is 14.5. The minimum Gasteiger partial charge on any atom is -0.387 e. The molecule has 1 unspecified atom stereocenters. The largest absolute Gasteiger partial charge is 0.387 e. The summed E-state index contributed by atoms with van der Waals surface area (Å²) in [6.45, 7) is 3.74. The molecule has 0 radical (unpaired) electrons. The van der Waals surface area contributed by atoms with Crippen LogP contribution >= 0.6 is 11.3 Å². The van der Waals surface area contributed by atoms with Gasteiger partial charge in [0.05, 0.1) is 6.10 Å². The molecule has 1 aliphatic heterocycles. The molecule has 1 N–H and O–H groups in total. The lowest BCUT2D eigenvalue weighted by molar-refractivity contribution is -0.127. The summed E-state index contributed by atoms with van der Waals surface area (Å²) in [6.07, 6.45) is 1.15. The van der Waals surface area contributed by atoms with Gasteiger partial charge in [-0.25, -0.2) is 0 Å². The van der Waals surface area contributed by atoms with Gasteiger partial charge in [0.1, 0.15) is 0 Å². The fourth-order valence-corrected chi connectivity index (χ4v) is 3.80. The number of benzene rings is 1. The van der Waals surface area contributed by atoms with Gasteiger partial charge in [-0.1, -0.05) is 30.3 Å². The van der Waals surface area contributed by atoms with Crippen LogP contribution in [0.1, 0.15) is 30.1 Å². The Bertz CT molecular complexity index is 630. The van der Waals surface area contributed by atoms with Gasteiger partial charge < -0.3 is 10.0 Å². The van der Waals surface area contributed by atoms with Crippen molar-refractivity contribution in [1.29, 1.82) is 0 Å². The zero-order chi connectivity index (χ0) is 16.8. The Kier molecular flexibility index (Phi) is 6.01. The molecule has 1 amide bonds. The molecule has 5 heteroatoms. The Morgan fingerprint density at radius 2 is 2.08 bits per heavy atom. The fraction of sp³-hybridized carbons (Fsp3) is 0.421. The third-order valence-corrected chi connectivity index (χ3v) is 5.17. The average Bonchev–Trinajstić information content (AvgIpc) is 3.25. The Hall–Kier alpha value is -1.69. The first kappa shape index (κ1) is 17.1. The number of hydrogen-bond donors (Lipinski definition) is 1. The van der Waals surface area contributed by atoms with Gasteiger partial charge in [0.2, 0.25) is 5.91 Å². The summed E-state index contributed by atoms with van der Waals surface area (Å²) in [5.74, 6) is 0.257. The molecule has 1 aromatic heterocycles. The van der Waals surface area contributed by atoms with Crippen molar-refractivity contribution in [3.63, 3.8) is 0 Å². The summed E-state index contributed by atoms with van der Waals surface area (Å²) in [5.41, 5.74) is 2.19. The smallest absolute Gasteiger partial charge is 0.222 e. The highest BCUT2D eigenvalue weighted by Crippen LogP contribution is 2.19. The van der Waals surface area contributed by atoms with Gasteiger partial charge in [-0.05, 0) is 34.4 Å². The summed E-state index contributed by atoms with van der Waals surface area (Å²) in [4.78, 5) is 16.0. The number of carbonyl (C=O) groups is 1. The standard InChI is InChI=1S/C19H24N2O2S/c22-18(17-8-12-24-15-17)14-20(13-16-5-2-1-3-6-16)10-11-21-9-4-7-19(21)23/h1-3,5-6,8,12,15,18,22H,4,7,9-11,13-14H2. The normalized spacial score (nSPS) is 16.1. The van der Waals surface area contributed by atoms with E-state index in [1.54, 1.807) is 11.3 Å². The highest BCUT2D eigenvalue weighted by atomic mass is 32.1. The van der Waals surface area contributed by atoms with Crippen LogP contribution in [0.5, 0.6) is 0 Å². The van der Waals surface area contributed by atoms with E-state index in [9.17, 15) is 9.90 Å². The third-order valence-electron chi connectivity index (χ3n) is 4.47. The van der Waals surface area contributed by atoms with Crippen molar-refractivity contribution in [3.8, 4) is 0 Å². The van der Waals surface area contributed by atoms with Crippen molar-refractivity contribution in [2.75, 3.05) is 26.2 Å². The molecule has 1 aliphatic rings. The van der Waals surface area contributed by atoms with Crippen molar-refractivity contribution in [1.82, 2.24) is 9.80 Å². The zero-order valence-corrected chi connectivity index (χ0v) is 14.6. The van der Waals surface area contributed by atoms with Crippen LogP contribution in [0, 0.1) is 0 Å². The molecule has 1 aromatic carbocycles. The molecule has 3 rings (SSSR count). The molecule has 24 heavy (non-hydrogen) atoms. The minimum absolute atomic E-state index is 0.257. The van der Waals surface area contributed by atoms with E-state index in [-0.39, 0.29) is 5.91 Å². The van der Waals surface area contributed by atoms with Crippen LogP contribution in [0.15, 0.2) is 47.2 Å². The molecule has 1 saturated heterocycles. The first-order chi connectivity index (χ1) is 11.7. The highest BCUT2D eigenvalue weighted by Gasteiger charge is 2.21. The molecule has 128 valence electrons. The van der Waals surface area contributed by atoms with E-state index < -0.39 is 6.10 Å². The zero-order valence-electron chi connectivity index (χ0n) is 13.8. The van der Waals surface area contributed by atoms with Crippen molar-refractivity contribution < 1.29 is 9.90 Å². The Balaban J connectivity index is 1.62. The van der Waals surface area contributed by atoms with Crippen molar-refractivity contribution in [2.45, 2.75) is 25.5 Å². The number of nitrogens with zero attached hydrogens (tertiary/aromatic N) is 2. The second-order valence-corrected chi connectivity index (χ2v) is 7.06. The maximum absolute atomic E-state index is 11.8. The van der Waals surface area contributed by atoms with E-state index in [1.165, 1.54) is 5.56 Å². The molecule has 0 spiro atoms. The van der Waals surface area contributed by atoms with Crippen LogP contribution < -0.4 is 0 Å². The summed E-state index contributed by atoms with van der Waals surface area (Å²) >= 11 is 1.60. The van der Waals surface area contributed by atoms with Crippen molar-refractivity contribution in [3.05, 3.63) is 58.3 Å². The molecule has 4 nitrogen and oxygen atoms in total. The monoisotopic (exact) mass is 344 g/mol. The van der Waals surface area contributed by atoms with E-state index in [0.29, 0.717) is 13.0 Å². The molecule has 2 heterocycles. The number of amides is 1. The summed E-state index contributed by atoms with van der Waals surface area (Å²) < 4.78 is 0. The van der Waals surface area contributed by atoms with Gasteiger partial charge in [0.15, 0.2) is 0 Å². The fourth-order valence-electron chi connectivity index (χ4n) is 3.09. The van der Waals surface area contributed by atoms with Crippen molar-refractivity contribution in [2.24, 2.45) is 0 Å². The number of aliphatic hydroxyl groups excluding tert-OH is 1. The van der Waals surface area contributed by atoms with Crippen LogP contribution in [0.25, 0.3) is 0 Å². The van der Waals surface area contributed by atoms with Crippen LogP contribution in [-0.4, -0.2) is 47.0 Å². The van der Waals surface area contributed by atoms with Crippen LogP contribution in [0.4, 0.5) is 0 Å². The van der Waals surface area contributed by atoms with E-state index in [2.05, 4.69) is 17.0 Å². The molecule has 0 bridgehead atoms. The van der Waals surface area contributed by atoms with E-state index in [4.69, 9.17) is 0 Å². The third kappa shape index (κ3) is 4.66. The van der Waals surface area contributed by atoms with E-state index in [0.717, 1.165) is 38.2 Å². The Morgan fingerprint density at radius 1 is 1.25 bits per heavy atom. The Labute approximate surface area is 147 Å². The maximum Gasteiger partial charge on any atom is 0.222 e. The first-order valence-corrected chi connectivity index (χ1v) is 9.41. The SMILES string of the molecule is O=C1CCCN1CCN(Cc1ccccc1)CC(O)c1ccsc1. The number of thiophene rings is 1. The first-order valence-electron chi connectivity index (χ1n) is 8.46. The van der Waals surface area contributed by atoms with E-state index in [1.807, 2.05) is 39.9 Å². The van der Waals surface area contributed by atoms with Crippen LogP contribution in [-0.2, 0) is 11.3 Å². The highest BCUT2D eigenvalue weighted by molar-refractivity contribution is 7.07. The van der Waals surface area contributed by atoms with Crippen LogP contribution in [0.2, 0.25) is 0 Å². The number of likely N-dealkylation sites (tertiary alicyclic amines) is 1. The quantitative estimate of drug-likeness (QED) is 0.801. The van der Waals surface area contributed by atoms with Gasteiger partial charge >= 0.3 is 0 Å². The van der Waals surface area contributed by atoms with Crippen LogP contribution in [0.3, 0.4) is 0 Å². The summed E-state index contributed by atoms with van der Waals surface area (Å²) in [7, 11) is 0. The predicted octanol–water partition coefficient (Wildman–Crippen LogP) is 2.91. The molecule has 2 aromatic rings. The van der Waals surface area contributed by atoms with Gasteiger partial charge in [-0.3, -0.25) is 9.69 Å². The molecule has 0 saturated carbocycles. The van der Waals surface area contributed by atoms with Gasteiger partial charge in [0, 0.05) is 39.1 Å². The topological polar surface area (TPSA) is 43.8 Å². The number of hydrogen-bond acceptors (Lipinski definition) is 4. The number of carbonyl (C=O) groups excluding carboxylic acids is 1. The van der Waals surface area contributed by atoms with E-state index >= 15 is 0 Å². The average molecular weight is 344 g/mol. The Morgan fingerprint density at radius 3 is 2.75 bits per heavy atom. The molecular formula is C19H24N2O2S. The second kappa shape index (κ2) is 8.42. The lowest BCUT2D eigenvalue weighted by Crippen LogP contribution is -2.37. The number of rotatable bonds is 8. The second-order valence-electron chi connectivity index (χ2n) is 6.28. The molecule has 1 fully saturated rings. The number of aliphatic hydroxyl groups is 1.